The number of aliphatic hydroxyl groups excluding tert-OH is 1. The smallest absolute Gasteiger partial charge is 0.0830 e. The molecule has 1 rings (SSSR count). The first-order chi connectivity index (χ1) is 8.06. The molecule has 1 aliphatic heterocycles. The molecule has 4 heteroatoms. The van der Waals surface area contributed by atoms with E-state index in [0.29, 0.717) is 6.04 Å². The Kier molecular flexibility index (Phi) is 6.41. The summed E-state index contributed by atoms with van der Waals surface area (Å²) in [5.41, 5.74) is -0.191. The fourth-order valence-corrected chi connectivity index (χ4v) is 2.25. The van der Waals surface area contributed by atoms with Crippen LogP contribution in [-0.2, 0) is 9.47 Å². The van der Waals surface area contributed by atoms with Crippen LogP contribution in [0.4, 0.5) is 0 Å². The molecule has 0 bridgehead atoms. The highest BCUT2D eigenvalue weighted by Gasteiger charge is 2.23. The normalized spacial score (nSPS) is 24.2. The van der Waals surface area contributed by atoms with Gasteiger partial charge in [-0.15, -0.1) is 0 Å². The standard InChI is InChI=1S/C13H27NO3/c1-11(2)14-13(3,10-15)6-4-7-17-12-5-8-16-9-12/h11-12,14-15H,4-10H2,1-3H3. The number of rotatable bonds is 8. The molecule has 0 radical (unpaired) electrons. The van der Waals surface area contributed by atoms with Gasteiger partial charge in [0.1, 0.15) is 0 Å². The van der Waals surface area contributed by atoms with Crippen molar-refractivity contribution in [3.05, 3.63) is 0 Å². The van der Waals surface area contributed by atoms with Crippen LogP contribution in [0.2, 0.25) is 0 Å². The van der Waals surface area contributed by atoms with Crippen LogP contribution in [0.3, 0.4) is 0 Å². The van der Waals surface area contributed by atoms with Crippen molar-refractivity contribution in [1.29, 1.82) is 0 Å². The lowest BCUT2D eigenvalue weighted by molar-refractivity contribution is 0.0353. The second kappa shape index (κ2) is 7.31. The summed E-state index contributed by atoms with van der Waals surface area (Å²) in [6, 6.07) is 0.385. The molecule has 1 aliphatic rings. The summed E-state index contributed by atoms with van der Waals surface area (Å²) in [5, 5.41) is 12.8. The van der Waals surface area contributed by atoms with Crippen LogP contribution in [0.25, 0.3) is 0 Å². The van der Waals surface area contributed by atoms with E-state index in [1.165, 1.54) is 0 Å². The molecule has 0 aromatic rings. The van der Waals surface area contributed by atoms with Crippen LogP contribution < -0.4 is 5.32 Å². The summed E-state index contributed by atoms with van der Waals surface area (Å²) in [6.45, 7) is 8.74. The molecular formula is C13H27NO3. The van der Waals surface area contributed by atoms with Crippen LogP contribution in [0, 0.1) is 0 Å². The van der Waals surface area contributed by atoms with Gasteiger partial charge in [0, 0.05) is 24.8 Å². The highest BCUT2D eigenvalue weighted by atomic mass is 16.5. The maximum Gasteiger partial charge on any atom is 0.0830 e. The number of hydrogen-bond donors (Lipinski definition) is 2. The summed E-state index contributed by atoms with van der Waals surface area (Å²) < 4.78 is 11.0. The Morgan fingerprint density at radius 1 is 1.53 bits per heavy atom. The third kappa shape index (κ3) is 5.82. The molecule has 1 heterocycles. The lowest BCUT2D eigenvalue weighted by atomic mass is 9.96. The second-order valence-corrected chi connectivity index (χ2v) is 5.48. The fraction of sp³-hybridized carbons (Fsp3) is 1.00. The third-order valence-corrected chi connectivity index (χ3v) is 3.10. The molecule has 0 aliphatic carbocycles. The van der Waals surface area contributed by atoms with E-state index in [-0.39, 0.29) is 18.2 Å². The predicted octanol–water partition coefficient (Wildman–Crippen LogP) is 1.32. The maximum absolute atomic E-state index is 9.42. The molecule has 0 amide bonds. The highest BCUT2D eigenvalue weighted by molar-refractivity contribution is 4.83. The number of nitrogens with one attached hydrogen (secondary N) is 1. The Morgan fingerprint density at radius 2 is 2.29 bits per heavy atom. The van der Waals surface area contributed by atoms with Crippen molar-refractivity contribution in [2.24, 2.45) is 0 Å². The first-order valence-electron chi connectivity index (χ1n) is 6.63. The van der Waals surface area contributed by atoms with Gasteiger partial charge in [-0.3, -0.25) is 0 Å². The Hall–Kier alpha value is -0.160. The molecule has 1 saturated heterocycles. The minimum atomic E-state index is -0.191. The van der Waals surface area contributed by atoms with Gasteiger partial charge in [0.25, 0.3) is 0 Å². The molecule has 2 atom stereocenters. The number of aliphatic hydroxyl groups is 1. The van der Waals surface area contributed by atoms with Crippen LogP contribution in [0.1, 0.15) is 40.0 Å². The Morgan fingerprint density at radius 3 is 2.82 bits per heavy atom. The zero-order valence-electron chi connectivity index (χ0n) is 11.4. The quantitative estimate of drug-likeness (QED) is 0.633. The van der Waals surface area contributed by atoms with E-state index < -0.39 is 0 Å². The van der Waals surface area contributed by atoms with Gasteiger partial charge in [-0.25, -0.2) is 0 Å². The average Bonchev–Trinajstić information content (AvgIpc) is 2.76. The molecule has 2 unspecified atom stereocenters. The number of ether oxygens (including phenoxy) is 2. The first-order valence-corrected chi connectivity index (χ1v) is 6.63. The van der Waals surface area contributed by atoms with Gasteiger partial charge in [0.05, 0.1) is 19.3 Å². The van der Waals surface area contributed by atoms with Crippen molar-refractivity contribution in [3.8, 4) is 0 Å². The van der Waals surface area contributed by atoms with Gasteiger partial charge in [0.15, 0.2) is 0 Å². The Bertz CT molecular complexity index is 205. The largest absolute Gasteiger partial charge is 0.394 e. The molecule has 0 aromatic heterocycles. The monoisotopic (exact) mass is 245 g/mol. The van der Waals surface area contributed by atoms with Crippen LogP contribution in [0.15, 0.2) is 0 Å². The van der Waals surface area contributed by atoms with Crippen molar-refractivity contribution in [2.45, 2.75) is 57.7 Å². The van der Waals surface area contributed by atoms with Gasteiger partial charge in [-0.1, -0.05) is 13.8 Å². The summed E-state index contributed by atoms with van der Waals surface area (Å²) in [7, 11) is 0. The van der Waals surface area contributed by atoms with Gasteiger partial charge in [-0.2, -0.15) is 0 Å². The van der Waals surface area contributed by atoms with Gasteiger partial charge in [-0.05, 0) is 26.2 Å². The zero-order chi connectivity index (χ0) is 12.7. The van der Waals surface area contributed by atoms with E-state index in [9.17, 15) is 5.11 Å². The van der Waals surface area contributed by atoms with Crippen molar-refractivity contribution < 1.29 is 14.6 Å². The Labute approximate surface area is 105 Å². The van der Waals surface area contributed by atoms with Crippen molar-refractivity contribution in [1.82, 2.24) is 5.32 Å². The molecule has 0 aromatic carbocycles. The molecular weight excluding hydrogens is 218 g/mol. The zero-order valence-corrected chi connectivity index (χ0v) is 11.4. The van der Waals surface area contributed by atoms with Gasteiger partial charge in [0.2, 0.25) is 0 Å². The molecule has 4 nitrogen and oxygen atoms in total. The average molecular weight is 245 g/mol. The van der Waals surface area contributed by atoms with Crippen LogP contribution in [0.5, 0.6) is 0 Å². The highest BCUT2D eigenvalue weighted by Crippen LogP contribution is 2.14. The van der Waals surface area contributed by atoms with Gasteiger partial charge < -0.3 is 19.9 Å². The van der Waals surface area contributed by atoms with E-state index in [0.717, 1.165) is 39.1 Å². The van der Waals surface area contributed by atoms with Crippen molar-refractivity contribution in [2.75, 3.05) is 26.4 Å². The minimum absolute atomic E-state index is 0.164. The SMILES string of the molecule is CC(C)NC(C)(CO)CCCOC1CCOC1. The van der Waals surface area contributed by atoms with E-state index in [1.807, 2.05) is 0 Å². The molecule has 102 valence electrons. The van der Waals surface area contributed by atoms with Crippen LogP contribution >= 0.6 is 0 Å². The van der Waals surface area contributed by atoms with Gasteiger partial charge >= 0.3 is 0 Å². The minimum Gasteiger partial charge on any atom is -0.394 e. The number of hydrogen-bond acceptors (Lipinski definition) is 4. The van der Waals surface area contributed by atoms with Crippen LogP contribution in [-0.4, -0.2) is 49.2 Å². The second-order valence-electron chi connectivity index (χ2n) is 5.48. The molecule has 1 fully saturated rings. The lowest BCUT2D eigenvalue weighted by Gasteiger charge is -2.31. The lowest BCUT2D eigenvalue weighted by Crippen LogP contribution is -2.49. The van der Waals surface area contributed by atoms with E-state index in [2.05, 4.69) is 26.1 Å². The predicted molar refractivity (Wildman–Crippen MR) is 68.2 cm³/mol. The third-order valence-electron chi connectivity index (χ3n) is 3.10. The molecule has 0 spiro atoms. The first kappa shape index (κ1) is 14.9. The summed E-state index contributed by atoms with van der Waals surface area (Å²) in [4.78, 5) is 0. The van der Waals surface area contributed by atoms with E-state index in [1.54, 1.807) is 0 Å². The topological polar surface area (TPSA) is 50.7 Å². The Balaban J connectivity index is 2.13. The summed E-state index contributed by atoms with van der Waals surface area (Å²) in [5.74, 6) is 0. The maximum atomic E-state index is 9.42. The van der Waals surface area contributed by atoms with E-state index >= 15 is 0 Å². The van der Waals surface area contributed by atoms with Crippen molar-refractivity contribution in [3.63, 3.8) is 0 Å². The van der Waals surface area contributed by atoms with Crippen molar-refractivity contribution >= 4 is 0 Å². The summed E-state index contributed by atoms with van der Waals surface area (Å²) in [6.07, 6.45) is 3.19. The molecule has 17 heavy (non-hydrogen) atoms. The molecule has 2 N–H and O–H groups in total. The van der Waals surface area contributed by atoms with E-state index in [4.69, 9.17) is 9.47 Å². The molecule has 0 saturated carbocycles. The fourth-order valence-electron chi connectivity index (χ4n) is 2.25. The summed E-state index contributed by atoms with van der Waals surface area (Å²) >= 11 is 0.